The Morgan fingerprint density at radius 2 is 2.11 bits per heavy atom. The highest BCUT2D eigenvalue weighted by atomic mass is 19.1. The molecule has 0 amide bonds. The van der Waals surface area contributed by atoms with Crippen molar-refractivity contribution in [3.8, 4) is 5.75 Å². The highest BCUT2D eigenvalue weighted by Crippen LogP contribution is 2.29. The number of rotatable bonds is 7. The van der Waals surface area contributed by atoms with Crippen LogP contribution in [-0.2, 0) is 17.8 Å². The summed E-state index contributed by atoms with van der Waals surface area (Å²) in [6.07, 6.45) is 4.11. The van der Waals surface area contributed by atoms with E-state index in [1.54, 1.807) is 6.07 Å². The highest BCUT2D eigenvalue weighted by Gasteiger charge is 2.20. The van der Waals surface area contributed by atoms with Gasteiger partial charge in [-0.2, -0.15) is 0 Å². The lowest BCUT2D eigenvalue weighted by molar-refractivity contribution is -0.0172. The van der Waals surface area contributed by atoms with E-state index >= 15 is 0 Å². The van der Waals surface area contributed by atoms with Crippen LogP contribution in [0.25, 0.3) is 0 Å². The van der Waals surface area contributed by atoms with E-state index in [4.69, 9.17) is 14.5 Å². The number of hydrogen-bond acceptors (Lipinski definition) is 4. The number of likely N-dealkylation sites (tertiary alicyclic amines) is 1. The molecular weight excluding hydrogens is 359 g/mol. The van der Waals surface area contributed by atoms with Gasteiger partial charge in [-0.1, -0.05) is 6.92 Å². The predicted molar refractivity (Wildman–Crippen MR) is 109 cm³/mol. The molecule has 6 nitrogen and oxygen atoms in total. The molecule has 1 saturated heterocycles. The second kappa shape index (κ2) is 10.6. The number of fused-ring (bicyclic) bond motifs is 1. The van der Waals surface area contributed by atoms with Crippen molar-refractivity contribution in [3.63, 3.8) is 0 Å². The molecule has 2 heterocycles. The molecule has 0 atom stereocenters. The number of benzene rings is 1. The first kappa shape index (κ1) is 20.9. The quantitative estimate of drug-likeness (QED) is 0.552. The Hall–Kier alpha value is -1.86. The van der Waals surface area contributed by atoms with Crippen molar-refractivity contribution in [2.24, 2.45) is 4.99 Å². The normalized spacial score (nSPS) is 18.5. The molecule has 0 unspecified atom stereocenters. The Balaban J connectivity index is 1.56. The summed E-state index contributed by atoms with van der Waals surface area (Å²) in [5, 5.41) is 6.89. The van der Waals surface area contributed by atoms with E-state index in [0.29, 0.717) is 25.6 Å². The van der Waals surface area contributed by atoms with Crippen LogP contribution in [0, 0.1) is 5.82 Å². The van der Waals surface area contributed by atoms with Crippen molar-refractivity contribution >= 4 is 5.96 Å². The van der Waals surface area contributed by atoms with E-state index in [9.17, 15) is 4.39 Å². The van der Waals surface area contributed by atoms with Crippen LogP contribution >= 0.6 is 0 Å². The molecule has 28 heavy (non-hydrogen) atoms. The zero-order valence-electron chi connectivity index (χ0n) is 17.1. The van der Waals surface area contributed by atoms with Crippen LogP contribution in [-0.4, -0.2) is 56.4 Å². The molecule has 0 spiro atoms. The lowest BCUT2D eigenvalue weighted by Crippen LogP contribution is -2.48. The van der Waals surface area contributed by atoms with E-state index in [0.717, 1.165) is 55.3 Å². The van der Waals surface area contributed by atoms with Crippen LogP contribution in [0.15, 0.2) is 17.1 Å². The summed E-state index contributed by atoms with van der Waals surface area (Å²) in [6.45, 7) is 9.76. The van der Waals surface area contributed by atoms with Crippen LogP contribution < -0.4 is 15.4 Å². The van der Waals surface area contributed by atoms with Crippen molar-refractivity contribution < 1.29 is 13.9 Å². The molecule has 0 aromatic heterocycles. The third kappa shape index (κ3) is 5.82. The largest absolute Gasteiger partial charge is 0.467 e. The minimum Gasteiger partial charge on any atom is -0.467 e. The van der Waals surface area contributed by atoms with Crippen LogP contribution in [0.1, 0.15) is 44.2 Å². The predicted octanol–water partition coefficient (Wildman–Crippen LogP) is 2.66. The summed E-state index contributed by atoms with van der Waals surface area (Å²) >= 11 is 0. The minimum atomic E-state index is -0.254. The van der Waals surface area contributed by atoms with Crippen molar-refractivity contribution in [2.75, 3.05) is 39.5 Å². The number of nitrogens with one attached hydrogen (secondary N) is 2. The Morgan fingerprint density at radius 3 is 2.86 bits per heavy atom. The summed E-state index contributed by atoms with van der Waals surface area (Å²) in [6, 6.07) is 3.48. The molecule has 0 saturated carbocycles. The molecule has 0 bridgehead atoms. The average molecular weight is 393 g/mol. The van der Waals surface area contributed by atoms with Crippen LogP contribution in [0.5, 0.6) is 5.75 Å². The number of halogens is 1. The number of piperidine rings is 1. The number of hydrogen-bond donors (Lipinski definition) is 2. The van der Waals surface area contributed by atoms with Gasteiger partial charge in [0, 0.05) is 37.8 Å². The Kier molecular flexibility index (Phi) is 7.91. The SMILES string of the molecule is CCCN1CCC(NC(=NCCc2cc(F)cc3c2OCOC3)NCC)CC1. The van der Waals surface area contributed by atoms with Gasteiger partial charge in [0.25, 0.3) is 0 Å². The van der Waals surface area contributed by atoms with Crippen LogP contribution in [0.2, 0.25) is 0 Å². The summed E-state index contributed by atoms with van der Waals surface area (Å²) in [5.74, 6) is 1.34. The van der Waals surface area contributed by atoms with Crippen molar-refractivity contribution in [1.82, 2.24) is 15.5 Å². The molecule has 2 aliphatic heterocycles. The van der Waals surface area contributed by atoms with E-state index in [1.807, 2.05) is 0 Å². The lowest BCUT2D eigenvalue weighted by Gasteiger charge is -2.32. The van der Waals surface area contributed by atoms with E-state index in [2.05, 4.69) is 29.4 Å². The minimum absolute atomic E-state index is 0.218. The van der Waals surface area contributed by atoms with Gasteiger partial charge in [-0.15, -0.1) is 0 Å². The third-order valence-corrected chi connectivity index (χ3v) is 5.22. The van der Waals surface area contributed by atoms with E-state index in [1.165, 1.54) is 19.0 Å². The van der Waals surface area contributed by atoms with Gasteiger partial charge in [0.1, 0.15) is 11.6 Å². The fourth-order valence-corrected chi connectivity index (χ4v) is 3.86. The first-order chi connectivity index (χ1) is 13.7. The molecule has 1 fully saturated rings. The topological polar surface area (TPSA) is 58.1 Å². The van der Waals surface area contributed by atoms with Gasteiger partial charge in [-0.05, 0) is 56.8 Å². The van der Waals surface area contributed by atoms with Crippen LogP contribution in [0.3, 0.4) is 0 Å². The van der Waals surface area contributed by atoms with Crippen molar-refractivity contribution in [1.29, 1.82) is 0 Å². The standard InChI is InChI=1S/C21H33FN4O2/c1-3-9-26-10-6-19(7-11-26)25-21(23-4-2)24-8-5-16-12-18(22)13-17-14-27-15-28-20(16)17/h12-13,19H,3-11,14-15H2,1-2H3,(H2,23,24,25). The Bertz CT molecular complexity index is 660. The molecule has 2 N–H and O–H groups in total. The second-order valence-corrected chi connectivity index (χ2v) is 7.43. The first-order valence-electron chi connectivity index (χ1n) is 10.5. The maximum Gasteiger partial charge on any atom is 0.191 e. The van der Waals surface area contributed by atoms with Crippen molar-refractivity contribution in [2.45, 2.75) is 52.2 Å². The molecule has 7 heteroatoms. The first-order valence-corrected chi connectivity index (χ1v) is 10.5. The zero-order valence-corrected chi connectivity index (χ0v) is 17.1. The van der Waals surface area contributed by atoms with Gasteiger partial charge in [0.05, 0.1) is 6.61 Å². The molecule has 156 valence electrons. The Labute approximate surface area is 167 Å². The lowest BCUT2D eigenvalue weighted by atomic mass is 10.0. The molecule has 0 aliphatic carbocycles. The number of ether oxygens (including phenoxy) is 2. The maximum absolute atomic E-state index is 13.9. The van der Waals surface area contributed by atoms with E-state index < -0.39 is 0 Å². The van der Waals surface area contributed by atoms with Gasteiger partial charge >= 0.3 is 0 Å². The molecular formula is C21H33FN4O2. The smallest absolute Gasteiger partial charge is 0.191 e. The van der Waals surface area contributed by atoms with E-state index in [-0.39, 0.29) is 12.6 Å². The van der Waals surface area contributed by atoms with Crippen molar-refractivity contribution in [3.05, 3.63) is 29.1 Å². The van der Waals surface area contributed by atoms with Gasteiger partial charge in [0.15, 0.2) is 12.8 Å². The average Bonchev–Trinajstić information content (AvgIpc) is 2.69. The number of guanidine groups is 1. The summed E-state index contributed by atoms with van der Waals surface area (Å²) in [5.41, 5.74) is 1.62. The Morgan fingerprint density at radius 1 is 1.29 bits per heavy atom. The molecule has 2 aliphatic rings. The van der Waals surface area contributed by atoms with Gasteiger partial charge in [-0.25, -0.2) is 4.39 Å². The number of nitrogens with zero attached hydrogens (tertiary/aromatic N) is 2. The highest BCUT2D eigenvalue weighted by molar-refractivity contribution is 5.80. The maximum atomic E-state index is 13.9. The van der Waals surface area contributed by atoms with Gasteiger partial charge in [-0.3, -0.25) is 4.99 Å². The molecule has 3 rings (SSSR count). The molecule has 1 aromatic rings. The molecule has 0 radical (unpaired) electrons. The van der Waals surface area contributed by atoms with Crippen LogP contribution in [0.4, 0.5) is 4.39 Å². The monoisotopic (exact) mass is 392 g/mol. The zero-order chi connectivity index (χ0) is 19.8. The molecule has 1 aromatic carbocycles. The second-order valence-electron chi connectivity index (χ2n) is 7.43. The fourth-order valence-electron chi connectivity index (χ4n) is 3.86. The summed E-state index contributed by atoms with van der Waals surface area (Å²) in [4.78, 5) is 7.24. The van der Waals surface area contributed by atoms with Gasteiger partial charge in [0.2, 0.25) is 0 Å². The summed E-state index contributed by atoms with van der Waals surface area (Å²) in [7, 11) is 0. The fraction of sp³-hybridized carbons (Fsp3) is 0.667. The third-order valence-electron chi connectivity index (χ3n) is 5.22. The summed E-state index contributed by atoms with van der Waals surface area (Å²) < 4.78 is 24.7. The van der Waals surface area contributed by atoms with Gasteiger partial charge < -0.3 is 25.0 Å². The number of aliphatic imine (C=N–C) groups is 1.